The molecule has 1 saturated heterocycles. The second-order valence-corrected chi connectivity index (χ2v) is 9.58. The normalized spacial score (nSPS) is 19.3. The largest absolute Gasteiger partial charge is 0.265 e. The minimum Gasteiger partial charge on any atom is -0.265 e. The Labute approximate surface area is 159 Å². The quantitative estimate of drug-likeness (QED) is 0.690. The monoisotopic (exact) mass is 381 g/mol. The zero-order chi connectivity index (χ0) is 19.2. The van der Waals surface area contributed by atoms with Crippen LogP contribution in [0, 0.1) is 20.8 Å². The number of fused-ring (bicyclic) bond motifs is 1. The van der Waals surface area contributed by atoms with Crippen LogP contribution in [0.25, 0.3) is 23.1 Å². The van der Waals surface area contributed by atoms with E-state index in [-0.39, 0.29) is 17.5 Å². The van der Waals surface area contributed by atoms with Gasteiger partial charge in [-0.25, -0.2) is 13.4 Å². The minimum atomic E-state index is -2.93. The number of sulfone groups is 1. The lowest BCUT2D eigenvalue weighted by Crippen LogP contribution is -2.13. The number of hydrogen-bond donors (Lipinski definition) is 0. The molecule has 4 rings (SSSR count). The van der Waals surface area contributed by atoms with E-state index >= 15 is 0 Å². The maximum Gasteiger partial charge on any atom is 0.152 e. The maximum absolute atomic E-state index is 11.8. The molecule has 6 heteroatoms. The predicted molar refractivity (Wildman–Crippen MR) is 109 cm³/mol. The first-order valence-electron chi connectivity index (χ1n) is 9.14. The van der Waals surface area contributed by atoms with Gasteiger partial charge in [0.15, 0.2) is 9.84 Å². The summed E-state index contributed by atoms with van der Waals surface area (Å²) in [5.41, 5.74) is 6.03. The number of benzene rings is 1. The summed E-state index contributed by atoms with van der Waals surface area (Å²) in [6.07, 6.45) is 4.66. The van der Waals surface area contributed by atoms with Crippen LogP contribution in [-0.2, 0) is 9.84 Å². The van der Waals surface area contributed by atoms with E-state index in [1.807, 2.05) is 42.8 Å². The summed E-state index contributed by atoms with van der Waals surface area (Å²) in [6, 6.07) is 10.3. The number of nitrogens with zero attached hydrogens (tertiary/aromatic N) is 3. The molecule has 1 atom stereocenters. The Hall–Kier alpha value is -2.47. The summed E-state index contributed by atoms with van der Waals surface area (Å²) in [7, 11) is -2.93. The Kier molecular flexibility index (Phi) is 4.38. The first-order valence-corrected chi connectivity index (χ1v) is 11.0. The van der Waals surface area contributed by atoms with Gasteiger partial charge in [-0.05, 0) is 57.5 Å². The van der Waals surface area contributed by atoms with Gasteiger partial charge in [0.05, 0.1) is 34.5 Å². The third-order valence-corrected chi connectivity index (χ3v) is 6.97. The Balaban J connectivity index is 1.64. The molecule has 1 aliphatic rings. The fraction of sp³-hybridized carbons (Fsp3) is 0.333. The van der Waals surface area contributed by atoms with Crippen LogP contribution >= 0.6 is 0 Å². The van der Waals surface area contributed by atoms with Gasteiger partial charge in [-0.2, -0.15) is 5.10 Å². The molecule has 0 bridgehead atoms. The highest BCUT2D eigenvalue weighted by Crippen LogP contribution is 2.27. The van der Waals surface area contributed by atoms with E-state index in [9.17, 15) is 8.42 Å². The molecule has 1 aliphatic heterocycles. The highest BCUT2D eigenvalue weighted by molar-refractivity contribution is 7.91. The van der Waals surface area contributed by atoms with Gasteiger partial charge < -0.3 is 0 Å². The van der Waals surface area contributed by atoms with Gasteiger partial charge in [0.2, 0.25) is 0 Å². The van der Waals surface area contributed by atoms with Gasteiger partial charge in [0, 0.05) is 16.6 Å². The van der Waals surface area contributed by atoms with E-state index in [0.717, 1.165) is 33.5 Å². The Morgan fingerprint density at radius 2 is 1.93 bits per heavy atom. The van der Waals surface area contributed by atoms with Gasteiger partial charge in [-0.3, -0.25) is 4.68 Å². The number of hydrogen-bond acceptors (Lipinski definition) is 4. The van der Waals surface area contributed by atoms with Crippen LogP contribution < -0.4 is 0 Å². The van der Waals surface area contributed by atoms with E-state index in [0.29, 0.717) is 6.42 Å². The van der Waals surface area contributed by atoms with E-state index < -0.39 is 9.84 Å². The van der Waals surface area contributed by atoms with Crippen LogP contribution in [-0.4, -0.2) is 34.7 Å². The predicted octanol–water partition coefficient (Wildman–Crippen LogP) is 3.89. The van der Waals surface area contributed by atoms with Crippen molar-refractivity contribution in [1.82, 2.24) is 14.8 Å². The minimum absolute atomic E-state index is 0.0575. The summed E-state index contributed by atoms with van der Waals surface area (Å²) in [5, 5.41) is 5.74. The van der Waals surface area contributed by atoms with Crippen molar-refractivity contribution in [2.45, 2.75) is 33.2 Å². The number of aromatic nitrogens is 3. The molecule has 0 saturated carbocycles. The summed E-state index contributed by atoms with van der Waals surface area (Å²) in [4.78, 5) is 4.70. The zero-order valence-electron chi connectivity index (χ0n) is 15.8. The van der Waals surface area contributed by atoms with Crippen molar-refractivity contribution in [2.75, 3.05) is 11.5 Å². The molecule has 1 fully saturated rings. The van der Waals surface area contributed by atoms with Crippen molar-refractivity contribution in [3.05, 3.63) is 58.5 Å². The number of pyridine rings is 1. The number of aryl methyl sites for hydroxylation is 2. The van der Waals surface area contributed by atoms with Crippen LogP contribution in [0.15, 0.2) is 30.3 Å². The molecule has 0 amide bonds. The molecule has 0 unspecified atom stereocenters. The molecule has 0 N–H and O–H groups in total. The number of rotatable bonds is 3. The average Bonchev–Trinajstić information content (AvgIpc) is 3.12. The Morgan fingerprint density at radius 3 is 2.67 bits per heavy atom. The molecule has 3 aromatic rings. The zero-order valence-corrected chi connectivity index (χ0v) is 16.6. The lowest BCUT2D eigenvalue weighted by molar-refractivity contribution is 0.486. The summed E-state index contributed by atoms with van der Waals surface area (Å²) < 4.78 is 25.5. The highest BCUT2D eigenvalue weighted by Gasteiger charge is 2.31. The van der Waals surface area contributed by atoms with E-state index in [2.05, 4.69) is 30.2 Å². The fourth-order valence-corrected chi connectivity index (χ4v) is 5.45. The molecule has 0 radical (unpaired) electrons. The third kappa shape index (κ3) is 3.54. The van der Waals surface area contributed by atoms with Gasteiger partial charge in [-0.15, -0.1) is 0 Å². The molecule has 2 aromatic heterocycles. The van der Waals surface area contributed by atoms with Crippen molar-refractivity contribution in [1.29, 1.82) is 0 Å². The van der Waals surface area contributed by atoms with Gasteiger partial charge in [-0.1, -0.05) is 17.7 Å². The molecule has 140 valence electrons. The second-order valence-electron chi connectivity index (χ2n) is 7.35. The first kappa shape index (κ1) is 17.9. The van der Waals surface area contributed by atoms with Crippen molar-refractivity contribution in [3.8, 4) is 0 Å². The van der Waals surface area contributed by atoms with E-state index in [1.54, 1.807) is 0 Å². The molecule has 0 aliphatic carbocycles. The molecular formula is C21H23N3O2S. The van der Waals surface area contributed by atoms with E-state index in [4.69, 9.17) is 4.98 Å². The summed E-state index contributed by atoms with van der Waals surface area (Å²) >= 11 is 0. The maximum atomic E-state index is 11.8. The van der Waals surface area contributed by atoms with Crippen molar-refractivity contribution in [2.24, 2.45) is 0 Å². The highest BCUT2D eigenvalue weighted by atomic mass is 32.2. The SMILES string of the molecule is Cc1ccc2nc(/C=C/c3c(C)nn([C@@H]4CCS(=O)(=O)C4)c3C)ccc2c1. The summed E-state index contributed by atoms with van der Waals surface area (Å²) in [5.74, 6) is 0.436. The standard InChI is InChI=1S/C21H23N3O2S/c1-14-4-9-21-17(12-14)5-6-18(22-21)7-8-20-15(2)23-24(16(20)3)19-10-11-27(25,26)13-19/h4-9,12,19H,10-11,13H2,1-3H3/b8-7+/t19-/m1/s1. The third-order valence-electron chi connectivity index (χ3n) is 5.22. The van der Waals surface area contributed by atoms with Crippen LogP contribution in [0.4, 0.5) is 0 Å². The van der Waals surface area contributed by atoms with Crippen LogP contribution in [0.2, 0.25) is 0 Å². The molecule has 0 spiro atoms. The molecule has 27 heavy (non-hydrogen) atoms. The smallest absolute Gasteiger partial charge is 0.152 e. The van der Waals surface area contributed by atoms with Crippen molar-refractivity contribution >= 4 is 32.9 Å². The van der Waals surface area contributed by atoms with E-state index in [1.165, 1.54) is 5.56 Å². The molecular weight excluding hydrogens is 358 g/mol. The van der Waals surface area contributed by atoms with Crippen molar-refractivity contribution < 1.29 is 8.42 Å². The topological polar surface area (TPSA) is 64.8 Å². The van der Waals surface area contributed by atoms with Gasteiger partial charge in [0.1, 0.15) is 0 Å². The summed E-state index contributed by atoms with van der Waals surface area (Å²) in [6.45, 7) is 6.04. The van der Waals surface area contributed by atoms with Gasteiger partial charge in [0.25, 0.3) is 0 Å². The van der Waals surface area contributed by atoms with Crippen LogP contribution in [0.1, 0.15) is 40.7 Å². The molecule has 1 aromatic carbocycles. The Morgan fingerprint density at radius 1 is 1.11 bits per heavy atom. The lowest BCUT2D eigenvalue weighted by atomic mass is 10.1. The van der Waals surface area contributed by atoms with Crippen molar-refractivity contribution in [3.63, 3.8) is 0 Å². The van der Waals surface area contributed by atoms with Gasteiger partial charge >= 0.3 is 0 Å². The second kappa shape index (κ2) is 6.60. The van der Waals surface area contributed by atoms with Crippen LogP contribution in [0.3, 0.4) is 0 Å². The molecule has 5 nitrogen and oxygen atoms in total. The fourth-order valence-electron chi connectivity index (χ4n) is 3.76. The van der Waals surface area contributed by atoms with Crippen LogP contribution in [0.5, 0.6) is 0 Å². The average molecular weight is 382 g/mol. The first-order chi connectivity index (χ1) is 12.8. The Bertz CT molecular complexity index is 1160. The lowest BCUT2D eigenvalue weighted by Gasteiger charge is -2.10. The molecule has 3 heterocycles.